The number of nitrogens with zero attached hydrogens (tertiary/aromatic N) is 2. The number of aromatic nitrogens is 2. The molecule has 0 N–H and O–H groups in total. The lowest BCUT2D eigenvalue weighted by molar-refractivity contribution is 0.889. The molecule has 39 heavy (non-hydrogen) atoms. The molecule has 5 aromatic carbocycles. The largest absolute Gasteiger partial charge is 0.345 e. The van der Waals surface area contributed by atoms with Crippen LogP contribution in [0.1, 0.15) is 16.9 Å². The topological polar surface area (TPSA) is 17.8 Å². The van der Waals surface area contributed by atoms with E-state index in [-0.39, 0.29) is 5.82 Å². The maximum Gasteiger partial charge on any atom is 0.215 e. The molecule has 187 valence electrons. The molecule has 1 aromatic heterocycles. The highest BCUT2D eigenvalue weighted by Crippen LogP contribution is 2.23. The van der Waals surface area contributed by atoms with Crippen molar-refractivity contribution >= 4 is 36.6 Å². The molecular formula is C35H30BN2Si. The lowest BCUT2D eigenvalue weighted by Crippen LogP contribution is -2.70. The highest BCUT2D eigenvalue weighted by molar-refractivity contribution is 7.10. The van der Waals surface area contributed by atoms with E-state index >= 15 is 0 Å². The number of hydrogen-bond acceptors (Lipinski definition) is 1. The van der Waals surface area contributed by atoms with E-state index in [1.807, 2.05) is 6.20 Å². The molecule has 2 nitrogen and oxygen atoms in total. The van der Waals surface area contributed by atoms with Crippen molar-refractivity contribution in [2.45, 2.75) is 12.0 Å². The molecule has 6 aromatic rings. The molecule has 0 aliphatic carbocycles. The fraction of sp³-hybridized carbons (Fsp3) is 0.0571. The van der Waals surface area contributed by atoms with Crippen LogP contribution in [0.25, 0.3) is 0 Å². The van der Waals surface area contributed by atoms with Gasteiger partial charge in [0.25, 0.3) is 0 Å². The van der Waals surface area contributed by atoms with Crippen LogP contribution >= 0.6 is 0 Å². The minimum atomic E-state index is -2.47. The van der Waals surface area contributed by atoms with E-state index < -0.39 is 8.07 Å². The van der Waals surface area contributed by atoms with Crippen molar-refractivity contribution in [1.82, 2.24) is 9.55 Å². The minimum Gasteiger partial charge on any atom is -0.345 e. The predicted molar refractivity (Wildman–Crippen MR) is 166 cm³/mol. The van der Waals surface area contributed by atoms with Gasteiger partial charge in [-0.3, -0.25) is 4.98 Å². The maximum atomic E-state index is 4.90. The third-order valence-corrected chi connectivity index (χ3v) is 12.4. The van der Waals surface area contributed by atoms with E-state index in [1.165, 1.54) is 26.7 Å². The van der Waals surface area contributed by atoms with Gasteiger partial charge in [-0.1, -0.05) is 152 Å². The summed E-state index contributed by atoms with van der Waals surface area (Å²) in [4.78, 5) is 4.90. The van der Waals surface area contributed by atoms with E-state index in [0.717, 1.165) is 11.9 Å². The molecule has 4 heteroatoms. The van der Waals surface area contributed by atoms with Gasteiger partial charge in [-0.25, -0.2) is 0 Å². The van der Waals surface area contributed by atoms with Gasteiger partial charge in [-0.2, -0.15) is 0 Å². The SMILES string of the molecule is [B](c1nccn1C[Si](c1ccccc1)(c1ccccc1)c1ccccc1)C(c1ccccc1)c1ccccc1. The van der Waals surface area contributed by atoms with Crippen LogP contribution in [0, 0.1) is 0 Å². The lowest BCUT2D eigenvalue weighted by Gasteiger charge is -2.34. The third-order valence-electron chi connectivity index (χ3n) is 7.59. The summed E-state index contributed by atoms with van der Waals surface area (Å²) in [6.45, 7) is 0. The molecule has 0 aliphatic heterocycles. The Morgan fingerprint density at radius 1 is 0.538 bits per heavy atom. The summed E-state index contributed by atoms with van der Waals surface area (Å²) >= 11 is 0. The zero-order chi connectivity index (χ0) is 26.3. The van der Waals surface area contributed by atoms with Crippen LogP contribution in [0.15, 0.2) is 164 Å². The van der Waals surface area contributed by atoms with Gasteiger partial charge in [-0.05, 0) is 32.5 Å². The molecule has 0 fully saturated rings. The van der Waals surface area contributed by atoms with Crippen LogP contribution < -0.4 is 21.3 Å². The Balaban J connectivity index is 1.47. The highest BCUT2D eigenvalue weighted by Gasteiger charge is 2.40. The Morgan fingerprint density at radius 3 is 1.33 bits per heavy atom. The van der Waals surface area contributed by atoms with Gasteiger partial charge >= 0.3 is 0 Å². The zero-order valence-corrected chi connectivity index (χ0v) is 22.8. The Kier molecular flexibility index (Phi) is 7.37. The van der Waals surface area contributed by atoms with E-state index in [2.05, 4.69) is 170 Å². The summed E-state index contributed by atoms with van der Waals surface area (Å²) in [6, 6.07) is 54.6. The summed E-state index contributed by atoms with van der Waals surface area (Å²) in [6.07, 6.45) is 4.95. The molecule has 0 bridgehead atoms. The minimum absolute atomic E-state index is 0.106. The molecular weight excluding hydrogens is 487 g/mol. The summed E-state index contributed by atoms with van der Waals surface area (Å²) in [7, 11) is -0.142. The van der Waals surface area contributed by atoms with E-state index in [9.17, 15) is 0 Å². The molecule has 1 radical (unpaired) electrons. The Bertz CT molecular complexity index is 1450. The second-order valence-corrected chi connectivity index (χ2v) is 13.7. The fourth-order valence-corrected chi connectivity index (χ4v) is 10.3. The number of hydrogen-bond donors (Lipinski definition) is 0. The van der Waals surface area contributed by atoms with Gasteiger partial charge in [0.2, 0.25) is 7.28 Å². The van der Waals surface area contributed by atoms with Crippen molar-refractivity contribution in [1.29, 1.82) is 0 Å². The van der Waals surface area contributed by atoms with Gasteiger partial charge in [0, 0.05) is 18.6 Å². The normalized spacial score (nSPS) is 11.4. The van der Waals surface area contributed by atoms with Crippen molar-refractivity contribution < 1.29 is 0 Å². The van der Waals surface area contributed by atoms with E-state index in [0.29, 0.717) is 0 Å². The monoisotopic (exact) mass is 517 g/mol. The summed E-state index contributed by atoms with van der Waals surface area (Å²) in [5.41, 5.74) is 3.51. The van der Waals surface area contributed by atoms with E-state index in [4.69, 9.17) is 4.98 Å². The summed E-state index contributed by atoms with van der Waals surface area (Å²) in [5, 5.41) is 4.18. The Labute approximate surface area is 232 Å². The first-order valence-electron chi connectivity index (χ1n) is 13.5. The van der Waals surface area contributed by atoms with Crippen molar-refractivity contribution in [3.63, 3.8) is 0 Å². The molecule has 0 amide bonds. The molecule has 6 rings (SSSR count). The Hall–Kier alpha value is -4.41. The molecule has 0 aliphatic rings. The third kappa shape index (κ3) is 5.16. The van der Waals surface area contributed by atoms with Gasteiger partial charge < -0.3 is 4.57 Å². The average Bonchev–Trinajstić information content (AvgIpc) is 3.47. The van der Waals surface area contributed by atoms with Crippen LogP contribution in [-0.2, 0) is 6.17 Å². The van der Waals surface area contributed by atoms with Crippen LogP contribution in [0.3, 0.4) is 0 Å². The average molecular weight is 518 g/mol. The molecule has 0 spiro atoms. The summed E-state index contributed by atoms with van der Waals surface area (Å²) < 4.78 is 2.37. The number of rotatable bonds is 9. The van der Waals surface area contributed by atoms with Crippen LogP contribution in [-0.4, -0.2) is 24.9 Å². The van der Waals surface area contributed by atoms with Crippen LogP contribution in [0.2, 0.25) is 0 Å². The van der Waals surface area contributed by atoms with E-state index in [1.54, 1.807) is 0 Å². The van der Waals surface area contributed by atoms with Crippen molar-refractivity contribution in [3.8, 4) is 0 Å². The molecule has 0 saturated heterocycles. The predicted octanol–water partition coefficient (Wildman–Crippen LogP) is 4.71. The molecule has 0 unspecified atom stereocenters. The highest BCUT2D eigenvalue weighted by atomic mass is 28.3. The smallest absolute Gasteiger partial charge is 0.215 e. The van der Waals surface area contributed by atoms with Crippen LogP contribution in [0.5, 0.6) is 0 Å². The lowest BCUT2D eigenvalue weighted by atomic mass is 9.58. The quantitative estimate of drug-likeness (QED) is 0.201. The van der Waals surface area contributed by atoms with Gasteiger partial charge in [0.15, 0.2) is 8.07 Å². The van der Waals surface area contributed by atoms with Gasteiger partial charge in [0.05, 0.1) is 5.72 Å². The van der Waals surface area contributed by atoms with Gasteiger partial charge in [-0.15, -0.1) is 0 Å². The second-order valence-electron chi connectivity index (χ2n) is 9.88. The first-order chi connectivity index (χ1) is 19.3. The second kappa shape index (κ2) is 11.5. The number of imidazole rings is 1. The molecule has 0 saturated carbocycles. The van der Waals surface area contributed by atoms with Crippen molar-refractivity contribution in [3.05, 3.63) is 175 Å². The zero-order valence-electron chi connectivity index (χ0n) is 21.8. The summed E-state index contributed by atoms with van der Waals surface area (Å²) in [5.74, 6) is 0.106. The maximum absolute atomic E-state index is 4.90. The first-order valence-corrected chi connectivity index (χ1v) is 15.7. The number of benzene rings is 5. The van der Waals surface area contributed by atoms with Crippen molar-refractivity contribution in [2.75, 3.05) is 0 Å². The molecule has 0 atom stereocenters. The van der Waals surface area contributed by atoms with Gasteiger partial charge in [0.1, 0.15) is 0 Å². The standard InChI is InChI=1S/C35H30BN2Si/c1-6-16-29(17-7-1)34(30-18-8-2-9-19-30)36-35-37-26-27-38(35)28-39(31-20-10-3-11-21-31,32-22-12-4-13-23-32)33-24-14-5-15-25-33/h1-27,34H,28H2. The fourth-order valence-electron chi connectivity index (χ4n) is 5.67. The molecule has 1 heterocycles. The first kappa shape index (κ1) is 24.9. The van der Waals surface area contributed by atoms with Crippen molar-refractivity contribution in [2.24, 2.45) is 0 Å². The van der Waals surface area contributed by atoms with Crippen LogP contribution in [0.4, 0.5) is 0 Å². The Morgan fingerprint density at radius 2 is 0.923 bits per heavy atom.